The van der Waals surface area contributed by atoms with Crippen LogP contribution in [0, 0.1) is 6.92 Å². The molecule has 0 aliphatic carbocycles. The van der Waals surface area contributed by atoms with Crippen LogP contribution in [0.15, 0.2) is 5.38 Å². The van der Waals surface area contributed by atoms with Gasteiger partial charge in [-0.2, -0.15) is 0 Å². The van der Waals surface area contributed by atoms with E-state index in [1.54, 1.807) is 11.3 Å². The fraction of sp³-hybridized carbons (Fsp3) is 0.444. The van der Waals surface area contributed by atoms with Gasteiger partial charge in [-0.15, -0.1) is 11.3 Å². The summed E-state index contributed by atoms with van der Waals surface area (Å²) in [5.41, 5.74) is 2.25. The molecule has 2 aromatic heterocycles. The number of halogens is 1. The standard InChI is InChI=1S/C9H11ClN2S/c1-5(2)12-8-7(11-9(12)10)6(3)4-13-8/h4-5H,1-3H3. The molecule has 0 bridgehead atoms. The zero-order valence-electron chi connectivity index (χ0n) is 7.84. The van der Waals surface area contributed by atoms with Gasteiger partial charge in [-0.25, -0.2) is 4.98 Å². The fourth-order valence-electron chi connectivity index (χ4n) is 1.41. The third-order valence-electron chi connectivity index (χ3n) is 2.06. The lowest BCUT2D eigenvalue weighted by Gasteiger charge is -2.07. The first-order valence-electron chi connectivity index (χ1n) is 4.22. The molecule has 4 heteroatoms. The maximum atomic E-state index is 6.03. The first-order chi connectivity index (χ1) is 6.11. The Morgan fingerprint density at radius 3 is 2.85 bits per heavy atom. The van der Waals surface area contributed by atoms with Crippen LogP contribution in [0.1, 0.15) is 25.5 Å². The lowest BCUT2D eigenvalue weighted by atomic mass is 10.3. The SMILES string of the molecule is Cc1csc2c1nc(Cl)n2C(C)C. The Labute approximate surface area is 86.2 Å². The molecular weight excluding hydrogens is 204 g/mol. The van der Waals surface area contributed by atoms with Gasteiger partial charge in [0.25, 0.3) is 0 Å². The summed E-state index contributed by atoms with van der Waals surface area (Å²) in [5.74, 6) is 0. The predicted octanol–water partition coefficient (Wildman–Crippen LogP) is 3.64. The molecule has 0 unspecified atom stereocenters. The van der Waals surface area contributed by atoms with Crippen LogP contribution in [-0.4, -0.2) is 9.55 Å². The van der Waals surface area contributed by atoms with Crippen LogP contribution in [0.4, 0.5) is 0 Å². The second kappa shape index (κ2) is 3.00. The highest BCUT2D eigenvalue weighted by molar-refractivity contribution is 7.17. The molecule has 2 nitrogen and oxygen atoms in total. The van der Waals surface area contributed by atoms with E-state index in [1.165, 1.54) is 10.4 Å². The second-order valence-corrected chi connectivity index (χ2v) is 4.61. The van der Waals surface area contributed by atoms with Crippen molar-refractivity contribution in [1.82, 2.24) is 9.55 Å². The lowest BCUT2D eigenvalue weighted by molar-refractivity contribution is 0.621. The summed E-state index contributed by atoms with van der Waals surface area (Å²) in [6.07, 6.45) is 0. The molecule has 0 spiro atoms. The number of fused-ring (bicyclic) bond motifs is 1. The average molecular weight is 215 g/mol. The van der Waals surface area contributed by atoms with Crippen LogP contribution in [0.25, 0.3) is 10.3 Å². The Morgan fingerprint density at radius 2 is 2.23 bits per heavy atom. The summed E-state index contributed by atoms with van der Waals surface area (Å²) in [4.78, 5) is 5.51. The van der Waals surface area contributed by atoms with E-state index in [4.69, 9.17) is 11.6 Å². The third kappa shape index (κ3) is 1.27. The molecule has 2 heterocycles. The first kappa shape index (κ1) is 9.03. The number of hydrogen-bond acceptors (Lipinski definition) is 2. The molecule has 2 rings (SSSR count). The minimum absolute atomic E-state index is 0.371. The number of imidazole rings is 1. The van der Waals surface area contributed by atoms with E-state index in [9.17, 15) is 0 Å². The number of thiophene rings is 1. The minimum Gasteiger partial charge on any atom is -0.304 e. The van der Waals surface area contributed by atoms with E-state index in [0.717, 1.165) is 5.52 Å². The smallest absolute Gasteiger partial charge is 0.204 e. The molecule has 0 aromatic carbocycles. The predicted molar refractivity (Wildman–Crippen MR) is 57.7 cm³/mol. The van der Waals surface area contributed by atoms with Crippen molar-refractivity contribution in [2.45, 2.75) is 26.8 Å². The van der Waals surface area contributed by atoms with Crippen molar-refractivity contribution in [1.29, 1.82) is 0 Å². The van der Waals surface area contributed by atoms with Crippen molar-refractivity contribution in [3.05, 3.63) is 16.2 Å². The Morgan fingerprint density at radius 1 is 1.54 bits per heavy atom. The first-order valence-corrected chi connectivity index (χ1v) is 5.48. The van der Waals surface area contributed by atoms with Gasteiger partial charge in [0.2, 0.25) is 5.28 Å². The van der Waals surface area contributed by atoms with Crippen molar-refractivity contribution in [2.24, 2.45) is 0 Å². The van der Waals surface area contributed by atoms with Gasteiger partial charge < -0.3 is 4.57 Å². The quantitative estimate of drug-likeness (QED) is 0.709. The van der Waals surface area contributed by atoms with Crippen LogP contribution in [0.5, 0.6) is 0 Å². The Balaban J connectivity index is 2.79. The Bertz CT molecular complexity index is 442. The molecule has 0 amide bonds. The number of aromatic nitrogens is 2. The van der Waals surface area contributed by atoms with Gasteiger partial charge >= 0.3 is 0 Å². The van der Waals surface area contributed by atoms with E-state index in [0.29, 0.717) is 11.3 Å². The number of aryl methyl sites for hydroxylation is 1. The molecule has 0 saturated carbocycles. The largest absolute Gasteiger partial charge is 0.304 e. The van der Waals surface area contributed by atoms with Crippen LogP contribution in [0.3, 0.4) is 0 Å². The van der Waals surface area contributed by atoms with Crippen molar-refractivity contribution >= 4 is 33.3 Å². The van der Waals surface area contributed by atoms with E-state index in [-0.39, 0.29) is 0 Å². The van der Waals surface area contributed by atoms with Crippen molar-refractivity contribution in [3.63, 3.8) is 0 Å². The fourth-order valence-corrected chi connectivity index (χ4v) is 2.95. The van der Waals surface area contributed by atoms with Gasteiger partial charge in [-0.05, 0) is 43.3 Å². The van der Waals surface area contributed by atoms with Gasteiger partial charge in [-0.1, -0.05) is 0 Å². The molecule has 2 aromatic rings. The van der Waals surface area contributed by atoms with Crippen LogP contribution < -0.4 is 0 Å². The van der Waals surface area contributed by atoms with E-state index < -0.39 is 0 Å². The normalized spacial score (nSPS) is 11.8. The maximum absolute atomic E-state index is 6.03. The molecule has 0 aliphatic rings. The van der Waals surface area contributed by atoms with Gasteiger partial charge in [0.05, 0.1) is 0 Å². The topological polar surface area (TPSA) is 17.8 Å². The summed E-state index contributed by atoms with van der Waals surface area (Å²) >= 11 is 7.74. The van der Waals surface area contributed by atoms with E-state index in [1.807, 2.05) is 0 Å². The third-order valence-corrected chi connectivity index (χ3v) is 3.41. The summed E-state index contributed by atoms with van der Waals surface area (Å²) in [5, 5.41) is 2.72. The van der Waals surface area contributed by atoms with Gasteiger partial charge in [-0.3, -0.25) is 0 Å². The van der Waals surface area contributed by atoms with Crippen molar-refractivity contribution < 1.29 is 0 Å². The number of rotatable bonds is 1. The monoisotopic (exact) mass is 214 g/mol. The summed E-state index contributed by atoms with van der Waals surface area (Å²) in [6, 6.07) is 0.371. The molecule has 0 N–H and O–H groups in total. The molecule has 0 aliphatic heterocycles. The average Bonchev–Trinajstić information content (AvgIpc) is 2.51. The Hall–Kier alpha value is -0.540. The maximum Gasteiger partial charge on any atom is 0.204 e. The zero-order chi connectivity index (χ0) is 9.59. The molecule has 0 atom stereocenters. The summed E-state index contributed by atoms with van der Waals surface area (Å²) < 4.78 is 2.06. The minimum atomic E-state index is 0.371. The van der Waals surface area contributed by atoms with E-state index >= 15 is 0 Å². The summed E-state index contributed by atoms with van der Waals surface area (Å²) in [6.45, 7) is 6.29. The molecule has 70 valence electrons. The van der Waals surface area contributed by atoms with Crippen molar-refractivity contribution in [2.75, 3.05) is 0 Å². The zero-order valence-corrected chi connectivity index (χ0v) is 9.41. The van der Waals surface area contributed by atoms with Gasteiger partial charge in [0.1, 0.15) is 10.3 Å². The molecule has 13 heavy (non-hydrogen) atoms. The molecule has 0 radical (unpaired) electrons. The lowest BCUT2D eigenvalue weighted by Crippen LogP contribution is -1.98. The van der Waals surface area contributed by atoms with Crippen LogP contribution in [-0.2, 0) is 0 Å². The van der Waals surface area contributed by atoms with Crippen LogP contribution >= 0.6 is 22.9 Å². The van der Waals surface area contributed by atoms with Gasteiger partial charge in [0, 0.05) is 6.04 Å². The Kier molecular flexibility index (Phi) is 2.08. The van der Waals surface area contributed by atoms with Crippen LogP contribution in [0.2, 0.25) is 5.28 Å². The molecule has 0 saturated heterocycles. The second-order valence-electron chi connectivity index (χ2n) is 3.42. The number of hydrogen-bond donors (Lipinski definition) is 0. The summed E-state index contributed by atoms with van der Waals surface area (Å²) in [7, 11) is 0. The highest BCUT2D eigenvalue weighted by Crippen LogP contribution is 2.30. The number of nitrogens with zero attached hydrogens (tertiary/aromatic N) is 2. The molecule has 0 fully saturated rings. The van der Waals surface area contributed by atoms with Gasteiger partial charge in [0.15, 0.2) is 0 Å². The highest BCUT2D eigenvalue weighted by atomic mass is 35.5. The highest BCUT2D eigenvalue weighted by Gasteiger charge is 2.14. The van der Waals surface area contributed by atoms with E-state index in [2.05, 4.69) is 35.7 Å². The molecular formula is C9H11ClN2S. The van der Waals surface area contributed by atoms with Crippen molar-refractivity contribution in [3.8, 4) is 0 Å².